The number of rotatable bonds is 3. The molecule has 0 radical (unpaired) electrons. The van der Waals surface area contributed by atoms with E-state index in [9.17, 15) is 13.6 Å². The Kier molecular flexibility index (Phi) is 3.93. The van der Waals surface area contributed by atoms with Gasteiger partial charge in [0, 0.05) is 5.56 Å². The first-order valence-electron chi connectivity index (χ1n) is 4.54. The number of nitrogens with zero attached hydrogens (tertiary/aromatic N) is 2. The highest BCUT2D eigenvalue weighted by Gasteiger charge is 2.21. The summed E-state index contributed by atoms with van der Waals surface area (Å²) in [5, 5.41) is 8.80. The molecule has 0 aliphatic heterocycles. The van der Waals surface area contributed by atoms with Gasteiger partial charge in [-0.25, -0.2) is 13.8 Å². The number of hydrogen-bond acceptors (Lipinski definition) is 5. The maximum Gasteiger partial charge on any atom is 0.310 e. The second-order valence-corrected chi connectivity index (χ2v) is 3.12. The SMILES string of the molecule is COC(=O)Cc1c(C#N)cc(N)nc1C(F)F. The van der Waals surface area contributed by atoms with Crippen LogP contribution in [0.4, 0.5) is 14.6 Å². The fourth-order valence-corrected chi connectivity index (χ4v) is 1.29. The number of nitriles is 1. The number of methoxy groups -OCH3 is 1. The third-order valence-electron chi connectivity index (χ3n) is 2.05. The Labute approximate surface area is 95.8 Å². The molecule has 0 amide bonds. The topological polar surface area (TPSA) is 89.0 Å². The number of nitrogen functional groups attached to an aromatic ring is 1. The molecule has 7 heteroatoms. The lowest BCUT2D eigenvalue weighted by Gasteiger charge is -2.09. The van der Waals surface area contributed by atoms with Crippen molar-refractivity contribution in [1.82, 2.24) is 4.98 Å². The summed E-state index contributed by atoms with van der Waals surface area (Å²) in [6.45, 7) is 0. The predicted octanol–water partition coefficient (Wildman–Crippen LogP) is 1.19. The van der Waals surface area contributed by atoms with Gasteiger partial charge in [-0.15, -0.1) is 0 Å². The van der Waals surface area contributed by atoms with Gasteiger partial charge in [-0.1, -0.05) is 0 Å². The molecule has 0 saturated heterocycles. The van der Waals surface area contributed by atoms with E-state index in [1.54, 1.807) is 6.07 Å². The summed E-state index contributed by atoms with van der Waals surface area (Å²) < 4.78 is 29.8. The van der Waals surface area contributed by atoms with E-state index in [0.29, 0.717) is 0 Å². The van der Waals surface area contributed by atoms with Gasteiger partial charge < -0.3 is 10.5 Å². The number of hydrogen-bond donors (Lipinski definition) is 1. The van der Waals surface area contributed by atoms with Crippen molar-refractivity contribution in [3.8, 4) is 6.07 Å². The van der Waals surface area contributed by atoms with Crippen LogP contribution in [0.15, 0.2) is 6.07 Å². The van der Waals surface area contributed by atoms with Crippen LogP contribution in [0, 0.1) is 11.3 Å². The highest BCUT2D eigenvalue weighted by Crippen LogP contribution is 2.25. The molecule has 1 aromatic rings. The lowest BCUT2D eigenvalue weighted by atomic mass is 10.0. The number of halogens is 2. The molecule has 0 aliphatic rings. The number of nitrogens with two attached hydrogens (primary N) is 1. The van der Waals surface area contributed by atoms with Crippen molar-refractivity contribution in [3.63, 3.8) is 0 Å². The van der Waals surface area contributed by atoms with E-state index in [-0.39, 0.29) is 16.9 Å². The molecular weight excluding hydrogens is 232 g/mol. The molecule has 5 nitrogen and oxygen atoms in total. The molecule has 0 atom stereocenters. The summed E-state index contributed by atoms with van der Waals surface area (Å²) in [6.07, 6.45) is -3.35. The molecule has 0 aromatic carbocycles. The van der Waals surface area contributed by atoms with Crippen LogP contribution in [0.1, 0.15) is 23.2 Å². The van der Waals surface area contributed by atoms with Crippen molar-refractivity contribution < 1.29 is 18.3 Å². The summed E-state index contributed by atoms with van der Waals surface area (Å²) in [6, 6.07) is 2.84. The summed E-state index contributed by atoms with van der Waals surface area (Å²) in [4.78, 5) is 14.5. The average molecular weight is 241 g/mol. The third kappa shape index (κ3) is 2.87. The minimum atomic E-state index is -2.91. The molecule has 2 N–H and O–H groups in total. The van der Waals surface area contributed by atoms with Gasteiger partial charge in [0.25, 0.3) is 6.43 Å². The number of ether oxygens (including phenoxy) is 1. The van der Waals surface area contributed by atoms with Crippen molar-refractivity contribution >= 4 is 11.8 Å². The Hall–Kier alpha value is -2.23. The van der Waals surface area contributed by atoms with Gasteiger partial charge in [0.2, 0.25) is 0 Å². The number of alkyl halides is 2. The van der Waals surface area contributed by atoms with E-state index < -0.39 is 24.5 Å². The van der Waals surface area contributed by atoms with Crippen molar-refractivity contribution in [1.29, 1.82) is 5.26 Å². The van der Waals surface area contributed by atoms with E-state index in [0.717, 1.165) is 13.2 Å². The lowest BCUT2D eigenvalue weighted by Crippen LogP contribution is -2.11. The van der Waals surface area contributed by atoms with Crippen molar-refractivity contribution in [3.05, 3.63) is 22.9 Å². The van der Waals surface area contributed by atoms with E-state index in [1.165, 1.54) is 0 Å². The molecule has 1 rings (SSSR count). The number of pyridine rings is 1. The Morgan fingerprint density at radius 2 is 2.35 bits per heavy atom. The van der Waals surface area contributed by atoms with Crippen LogP contribution in [0.25, 0.3) is 0 Å². The summed E-state index contributed by atoms with van der Waals surface area (Å²) >= 11 is 0. The Morgan fingerprint density at radius 1 is 1.71 bits per heavy atom. The monoisotopic (exact) mass is 241 g/mol. The molecule has 0 saturated carbocycles. The highest BCUT2D eigenvalue weighted by atomic mass is 19.3. The molecule has 0 fully saturated rings. The predicted molar refractivity (Wildman–Crippen MR) is 54.0 cm³/mol. The maximum absolute atomic E-state index is 12.7. The molecular formula is C10H9F2N3O2. The van der Waals surface area contributed by atoms with Crippen LogP contribution >= 0.6 is 0 Å². The van der Waals surface area contributed by atoms with Crippen molar-refractivity contribution in [2.45, 2.75) is 12.8 Å². The van der Waals surface area contributed by atoms with Crippen LogP contribution in [0.5, 0.6) is 0 Å². The zero-order chi connectivity index (χ0) is 13.0. The van der Waals surface area contributed by atoms with Gasteiger partial charge >= 0.3 is 5.97 Å². The molecule has 90 valence electrons. The summed E-state index contributed by atoms with van der Waals surface area (Å²) in [5.41, 5.74) is 4.38. The zero-order valence-electron chi connectivity index (χ0n) is 8.91. The van der Waals surface area contributed by atoms with E-state index >= 15 is 0 Å². The fraction of sp³-hybridized carbons (Fsp3) is 0.300. The Morgan fingerprint density at radius 3 is 2.82 bits per heavy atom. The number of esters is 1. The summed E-state index contributed by atoms with van der Waals surface area (Å²) in [7, 11) is 1.13. The van der Waals surface area contributed by atoms with Crippen LogP contribution in [0.3, 0.4) is 0 Å². The average Bonchev–Trinajstić information content (AvgIpc) is 2.30. The molecule has 0 bridgehead atoms. The molecule has 0 spiro atoms. The second-order valence-electron chi connectivity index (χ2n) is 3.12. The normalized spacial score (nSPS) is 10.1. The van der Waals surface area contributed by atoms with Gasteiger partial charge in [0.15, 0.2) is 0 Å². The standard InChI is InChI=1S/C10H9F2N3O2/c1-17-8(16)3-6-5(4-13)2-7(14)15-9(6)10(11)12/h2,10H,3H2,1H3,(H2,14,15). The summed E-state index contributed by atoms with van der Waals surface area (Å²) in [5.74, 6) is -0.916. The smallest absolute Gasteiger partial charge is 0.310 e. The lowest BCUT2D eigenvalue weighted by molar-refractivity contribution is -0.139. The van der Waals surface area contributed by atoms with Gasteiger partial charge in [-0.2, -0.15) is 5.26 Å². The number of anilines is 1. The molecule has 17 heavy (non-hydrogen) atoms. The number of carbonyl (C=O) groups excluding carboxylic acids is 1. The van der Waals surface area contributed by atoms with Crippen LogP contribution in [-0.2, 0) is 16.0 Å². The first-order valence-corrected chi connectivity index (χ1v) is 4.54. The van der Waals surface area contributed by atoms with Gasteiger partial charge in [0.05, 0.1) is 25.2 Å². The van der Waals surface area contributed by atoms with E-state index in [4.69, 9.17) is 11.0 Å². The minimum Gasteiger partial charge on any atom is -0.469 e. The van der Waals surface area contributed by atoms with Gasteiger partial charge in [0.1, 0.15) is 11.5 Å². The van der Waals surface area contributed by atoms with Gasteiger partial charge in [-0.05, 0) is 6.07 Å². The number of carbonyl (C=O) groups is 1. The van der Waals surface area contributed by atoms with E-state index in [2.05, 4.69) is 9.72 Å². The largest absolute Gasteiger partial charge is 0.469 e. The fourth-order valence-electron chi connectivity index (χ4n) is 1.29. The minimum absolute atomic E-state index is 0.0989. The quantitative estimate of drug-likeness (QED) is 0.803. The first kappa shape index (κ1) is 12.8. The van der Waals surface area contributed by atoms with Gasteiger partial charge in [-0.3, -0.25) is 4.79 Å². The number of aromatic nitrogens is 1. The van der Waals surface area contributed by atoms with Crippen LogP contribution in [-0.4, -0.2) is 18.1 Å². The van der Waals surface area contributed by atoms with Crippen LogP contribution < -0.4 is 5.73 Å². The highest BCUT2D eigenvalue weighted by molar-refractivity contribution is 5.74. The first-order chi connectivity index (χ1) is 7.99. The second kappa shape index (κ2) is 5.21. The molecule has 0 aliphatic carbocycles. The van der Waals surface area contributed by atoms with Crippen LogP contribution in [0.2, 0.25) is 0 Å². The van der Waals surface area contributed by atoms with E-state index in [1.807, 2.05) is 0 Å². The molecule has 1 heterocycles. The third-order valence-corrected chi connectivity index (χ3v) is 2.05. The maximum atomic E-state index is 12.7. The zero-order valence-corrected chi connectivity index (χ0v) is 8.91. The molecule has 0 unspecified atom stereocenters. The van der Waals surface area contributed by atoms with Crippen molar-refractivity contribution in [2.75, 3.05) is 12.8 Å². The van der Waals surface area contributed by atoms with Crippen molar-refractivity contribution in [2.24, 2.45) is 0 Å². The Bertz CT molecular complexity index is 483. The Balaban J connectivity index is 3.33. The molecule has 1 aromatic heterocycles.